The fourth-order valence-corrected chi connectivity index (χ4v) is 8.10. The number of amides is 2. The van der Waals surface area contributed by atoms with Crippen molar-refractivity contribution in [3.8, 4) is 0 Å². The summed E-state index contributed by atoms with van der Waals surface area (Å²) in [6.07, 6.45) is 7.16. The van der Waals surface area contributed by atoms with Crippen molar-refractivity contribution in [2.45, 2.75) is 73.9 Å². The Balaban J connectivity index is 1.35. The molecule has 8 nitrogen and oxygen atoms in total. The molecule has 3 N–H and O–H groups in total. The molecule has 32 heavy (non-hydrogen) atoms. The highest BCUT2D eigenvalue weighted by Crippen LogP contribution is 2.57. The van der Waals surface area contributed by atoms with Gasteiger partial charge < -0.3 is 15.7 Å². The fourth-order valence-electron chi connectivity index (χ4n) is 6.65. The number of hydrogen-bond acceptors (Lipinski definition) is 5. The van der Waals surface area contributed by atoms with E-state index in [9.17, 15) is 23.1 Å². The molecule has 0 aromatic heterocycles. The number of nitrogens with one attached hydrogen (secondary N) is 2. The minimum absolute atomic E-state index is 0.0659. The molecule has 1 aromatic rings. The number of aliphatic hydroxyl groups is 1. The second kappa shape index (κ2) is 7.31. The van der Waals surface area contributed by atoms with Gasteiger partial charge in [-0.1, -0.05) is 17.7 Å². The van der Waals surface area contributed by atoms with Crippen LogP contribution in [0.15, 0.2) is 41.6 Å². The summed E-state index contributed by atoms with van der Waals surface area (Å²) in [6.45, 7) is 1.86. The van der Waals surface area contributed by atoms with Crippen LogP contribution in [0.1, 0.15) is 50.5 Å². The Kier molecular flexibility index (Phi) is 4.90. The summed E-state index contributed by atoms with van der Waals surface area (Å²) in [7, 11) is -4.00. The molecule has 1 heterocycles. The van der Waals surface area contributed by atoms with E-state index in [2.05, 4.69) is 10.6 Å². The lowest BCUT2D eigenvalue weighted by Gasteiger charge is -2.60. The Morgan fingerprint density at radius 2 is 1.84 bits per heavy atom. The zero-order chi connectivity index (χ0) is 22.7. The number of carbonyl (C=O) groups is 2. The van der Waals surface area contributed by atoms with Crippen LogP contribution in [0.3, 0.4) is 0 Å². The van der Waals surface area contributed by atoms with Crippen LogP contribution < -0.4 is 10.6 Å². The first-order chi connectivity index (χ1) is 15.1. The third-order valence-corrected chi connectivity index (χ3v) is 9.27. The predicted octanol–water partition coefficient (Wildman–Crippen LogP) is 1.55. The lowest BCUT2D eigenvalue weighted by molar-refractivity contribution is -0.151. The summed E-state index contributed by atoms with van der Waals surface area (Å²) >= 11 is 0. The van der Waals surface area contributed by atoms with Crippen LogP contribution >= 0.6 is 0 Å². The van der Waals surface area contributed by atoms with Gasteiger partial charge in [0.15, 0.2) is 0 Å². The van der Waals surface area contributed by atoms with E-state index in [1.54, 1.807) is 12.1 Å². The van der Waals surface area contributed by atoms with Gasteiger partial charge in [0.1, 0.15) is 6.04 Å². The van der Waals surface area contributed by atoms with Gasteiger partial charge in [-0.2, -0.15) is 0 Å². The first-order valence-electron chi connectivity index (χ1n) is 11.2. The van der Waals surface area contributed by atoms with Crippen molar-refractivity contribution in [1.82, 2.24) is 14.9 Å². The standard InChI is InChI=1S/C23H29N3O5S/c1-15-2-4-18(5-3-15)32(30,31)26-7-6-24-21(28)19(26)9-20(27)25-22-10-16-8-17(11-22)13-23(29,12-16)14-22/h2-7,16-17,19,29H,8-14H2,1H3,(H,24,28)(H,25,27)/t16-,17+,19-,22?,23?/m1/s1. The van der Waals surface area contributed by atoms with Crippen molar-refractivity contribution in [2.75, 3.05) is 0 Å². The van der Waals surface area contributed by atoms with Crippen LogP contribution in [0, 0.1) is 18.8 Å². The second-order valence-corrected chi connectivity index (χ2v) is 12.0. The number of benzene rings is 1. The molecule has 4 aliphatic carbocycles. The number of hydrogen-bond donors (Lipinski definition) is 3. The highest BCUT2D eigenvalue weighted by molar-refractivity contribution is 7.89. The van der Waals surface area contributed by atoms with E-state index in [0.717, 1.165) is 42.0 Å². The first-order valence-corrected chi connectivity index (χ1v) is 12.6. The molecular weight excluding hydrogens is 430 g/mol. The van der Waals surface area contributed by atoms with Gasteiger partial charge in [0, 0.05) is 17.9 Å². The molecule has 0 radical (unpaired) electrons. The van der Waals surface area contributed by atoms with Crippen LogP contribution in [-0.4, -0.2) is 46.8 Å². The molecule has 9 heteroatoms. The van der Waals surface area contributed by atoms with Gasteiger partial charge in [0.25, 0.3) is 10.0 Å². The van der Waals surface area contributed by atoms with Crippen molar-refractivity contribution in [3.63, 3.8) is 0 Å². The molecule has 0 saturated heterocycles. The maximum Gasteiger partial charge on any atom is 0.264 e. The number of carbonyl (C=O) groups excluding carboxylic acids is 2. The van der Waals surface area contributed by atoms with Crippen LogP contribution in [0.2, 0.25) is 0 Å². The minimum atomic E-state index is -4.00. The molecular formula is C23H29N3O5S. The Morgan fingerprint density at radius 3 is 2.47 bits per heavy atom. The van der Waals surface area contributed by atoms with Crippen LogP contribution in [0.25, 0.3) is 0 Å². The monoisotopic (exact) mass is 459 g/mol. The van der Waals surface area contributed by atoms with Crippen molar-refractivity contribution in [2.24, 2.45) is 11.8 Å². The summed E-state index contributed by atoms with van der Waals surface area (Å²) in [5.74, 6) is -0.0978. The number of aryl methyl sites for hydroxylation is 1. The maximum atomic E-state index is 13.2. The number of rotatable bonds is 5. The lowest BCUT2D eigenvalue weighted by atomic mass is 9.51. The lowest BCUT2D eigenvalue weighted by Crippen LogP contribution is -2.66. The Bertz CT molecular complexity index is 1070. The molecule has 6 rings (SSSR count). The molecule has 1 aliphatic heterocycles. The maximum absolute atomic E-state index is 13.2. The molecule has 4 fully saturated rings. The van der Waals surface area contributed by atoms with Crippen molar-refractivity contribution < 1.29 is 23.1 Å². The van der Waals surface area contributed by atoms with E-state index >= 15 is 0 Å². The molecule has 5 aliphatic rings. The number of nitrogens with zero attached hydrogens (tertiary/aromatic N) is 1. The zero-order valence-electron chi connectivity index (χ0n) is 18.1. The summed E-state index contributed by atoms with van der Waals surface area (Å²) < 4.78 is 27.4. The number of sulfonamides is 1. The van der Waals surface area contributed by atoms with Crippen LogP contribution in [0.5, 0.6) is 0 Å². The van der Waals surface area contributed by atoms with E-state index in [0.29, 0.717) is 18.3 Å². The van der Waals surface area contributed by atoms with E-state index in [1.165, 1.54) is 24.5 Å². The summed E-state index contributed by atoms with van der Waals surface area (Å²) in [4.78, 5) is 25.7. The molecule has 4 bridgehead atoms. The SMILES string of the molecule is Cc1ccc(S(=O)(=O)N2C=CNC(=O)[C@H]2CC(=O)NC23C[C@@H]4C[C@@H](CC(O)(C4)C2)C3)cc1. The van der Waals surface area contributed by atoms with Gasteiger partial charge >= 0.3 is 0 Å². The molecule has 172 valence electrons. The van der Waals surface area contributed by atoms with Gasteiger partial charge in [0.2, 0.25) is 11.8 Å². The molecule has 2 amide bonds. The third kappa shape index (κ3) is 3.71. The normalized spacial score (nSPS) is 35.6. The van der Waals surface area contributed by atoms with Crippen molar-refractivity contribution in [3.05, 3.63) is 42.2 Å². The van der Waals surface area contributed by atoms with Gasteiger partial charge in [-0.15, -0.1) is 0 Å². The van der Waals surface area contributed by atoms with E-state index in [4.69, 9.17) is 0 Å². The van der Waals surface area contributed by atoms with Gasteiger partial charge in [-0.3, -0.25) is 13.9 Å². The summed E-state index contributed by atoms with van der Waals surface area (Å²) in [6, 6.07) is 5.21. The van der Waals surface area contributed by atoms with Gasteiger partial charge in [-0.05, 0) is 69.4 Å². The summed E-state index contributed by atoms with van der Waals surface area (Å²) in [5, 5.41) is 16.6. The largest absolute Gasteiger partial charge is 0.390 e. The minimum Gasteiger partial charge on any atom is -0.390 e. The highest BCUT2D eigenvalue weighted by atomic mass is 32.2. The second-order valence-electron chi connectivity index (χ2n) is 10.2. The first kappa shape index (κ1) is 21.5. The average Bonchev–Trinajstić information content (AvgIpc) is 2.67. The average molecular weight is 460 g/mol. The zero-order valence-corrected chi connectivity index (χ0v) is 18.9. The molecule has 1 aromatic carbocycles. The molecule has 5 atom stereocenters. The Labute approximate surface area is 188 Å². The van der Waals surface area contributed by atoms with E-state index < -0.39 is 33.1 Å². The van der Waals surface area contributed by atoms with Gasteiger partial charge in [-0.25, -0.2) is 8.42 Å². The van der Waals surface area contributed by atoms with Crippen molar-refractivity contribution in [1.29, 1.82) is 0 Å². The predicted molar refractivity (Wildman–Crippen MR) is 116 cm³/mol. The van der Waals surface area contributed by atoms with E-state index in [1.807, 2.05) is 6.92 Å². The topological polar surface area (TPSA) is 116 Å². The summed E-state index contributed by atoms with van der Waals surface area (Å²) in [5.41, 5.74) is -0.259. The highest BCUT2D eigenvalue weighted by Gasteiger charge is 2.57. The Morgan fingerprint density at radius 1 is 1.19 bits per heavy atom. The van der Waals surface area contributed by atoms with E-state index in [-0.39, 0.29) is 17.2 Å². The van der Waals surface area contributed by atoms with Crippen LogP contribution in [-0.2, 0) is 19.6 Å². The molecule has 0 spiro atoms. The fraction of sp³-hybridized carbons (Fsp3) is 0.565. The Hall–Kier alpha value is -2.39. The molecule has 4 saturated carbocycles. The van der Waals surface area contributed by atoms with Crippen LogP contribution in [0.4, 0.5) is 0 Å². The molecule has 2 unspecified atom stereocenters. The smallest absolute Gasteiger partial charge is 0.264 e. The quantitative estimate of drug-likeness (QED) is 0.618. The third-order valence-electron chi connectivity index (χ3n) is 7.47. The van der Waals surface area contributed by atoms with Gasteiger partial charge in [0.05, 0.1) is 16.9 Å². The van der Waals surface area contributed by atoms with Crippen molar-refractivity contribution >= 4 is 21.8 Å².